The van der Waals surface area contributed by atoms with E-state index < -0.39 is 0 Å². The maximum Gasteiger partial charge on any atom is 0.315 e. The van der Waals surface area contributed by atoms with Gasteiger partial charge in [0, 0.05) is 25.1 Å². The number of nitrogens with one attached hydrogen (secondary N) is 2. The average molecular weight is 269 g/mol. The molecule has 0 bridgehead atoms. The fourth-order valence-corrected chi connectivity index (χ4v) is 1.82. The highest BCUT2D eigenvalue weighted by Crippen LogP contribution is 2.22. The number of rotatable bonds is 8. The average Bonchev–Trinajstić information content (AvgIpc) is 2.87. The van der Waals surface area contributed by atoms with Crippen molar-refractivity contribution >= 4 is 6.03 Å². The molecule has 0 aromatic carbocycles. The Morgan fingerprint density at radius 3 is 2.79 bits per heavy atom. The normalized spacial score (nSPS) is 10.7. The van der Waals surface area contributed by atoms with Crippen molar-refractivity contribution in [3.8, 4) is 0 Å². The zero-order valence-corrected chi connectivity index (χ0v) is 11.6. The van der Waals surface area contributed by atoms with Gasteiger partial charge in [-0.3, -0.25) is 0 Å². The summed E-state index contributed by atoms with van der Waals surface area (Å²) in [7, 11) is 0. The summed E-state index contributed by atoms with van der Waals surface area (Å²) in [6.07, 6.45) is 2.60. The molecule has 0 atom stereocenters. The summed E-state index contributed by atoms with van der Waals surface area (Å²) >= 11 is 0. The predicted octanol–water partition coefficient (Wildman–Crippen LogP) is 1.76. The predicted molar refractivity (Wildman–Crippen MR) is 71.8 cm³/mol. The number of hydrogen-bond acceptors (Lipinski definition) is 4. The largest absolute Gasteiger partial charge is 0.396 e. The number of carbonyl (C=O) groups excluding carboxylic acids is 1. The van der Waals surface area contributed by atoms with Crippen LogP contribution in [-0.2, 0) is 6.54 Å². The first kappa shape index (κ1) is 15.5. The Balaban J connectivity index is 2.35. The van der Waals surface area contributed by atoms with Gasteiger partial charge in [0.05, 0.1) is 12.2 Å². The maximum atomic E-state index is 11.4. The smallest absolute Gasteiger partial charge is 0.315 e. The zero-order valence-electron chi connectivity index (χ0n) is 11.6. The summed E-state index contributed by atoms with van der Waals surface area (Å²) < 4.78 is 5.19. The van der Waals surface area contributed by atoms with E-state index in [1.165, 1.54) is 0 Å². The van der Waals surface area contributed by atoms with Crippen LogP contribution in [0, 0.1) is 0 Å². The van der Waals surface area contributed by atoms with Gasteiger partial charge in [0.1, 0.15) is 0 Å². The molecule has 2 amide bonds. The van der Waals surface area contributed by atoms with E-state index in [0.29, 0.717) is 31.2 Å². The molecule has 1 heterocycles. The van der Waals surface area contributed by atoms with Crippen molar-refractivity contribution in [2.75, 3.05) is 13.2 Å². The minimum absolute atomic E-state index is 0.0706. The van der Waals surface area contributed by atoms with Crippen LogP contribution in [0.2, 0.25) is 0 Å². The van der Waals surface area contributed by atoms with Crippen molar-refractivity contribution < 1.29 is 14.4 Å². The molecule has 3 N–H and O–H groups in total. The summed E-state index contributed by atoms with van der Waals surface area (Å²) in [5.74, 6) is 1.06. The van der Waals surface area contributed by atoms with Gasteiger partial charge in [-0.15, -0.1) is 0 Å². The number of carbonyl (C=O) groups is 1. The molecule has 19 heavy (non-hydrogen) atoms. The minimum atomic E-state index is -0.270. The fourth-order valence-electron chi connectivity index (χ4n) is 1.82. The zero-order chi connectivity index (χ0) is 14.1. The SMILES string of the molecule is CCC(CC)c1cc(CNC(=O)NCCCO)on1. The van der Waals surface area contributed by atoms with E-state index in [-0.39, 0.29) is 12.6 Å². The van der Waals surface area contributed by atoms with Crippen molar-refractivity contribution in [1.82, 2.24) is 15.8 Å². The number of nitrogens with zero attached hydrogens (tertiary/aromatic N) is 1. The summed E-state index contributed by atoms with van der Waals surface area (Å²) in [6, 6.07) is 1.63. The number of aliphatic hydroxyl groups is 1. The Kier molecular flexibility index (Phi) is 6.95. The van der Waals surface area contributed by atoms with Gasteiger partial charge in [0.15, 0.2) is 5.76 Å². The summed E-state index contributed by atoms with van der Waals surface area (Å²) in [5.41, 5.74) is 0.947. The second-order valence-corrected chi connectivity index (χ2v) is 4.42. The first-order valence-electron chi connectivity index (χ1n) is 6.79. The fraction of sp³-hybridized carbons (Fsp3) is 0.692. The lowest BCUT2D eigenvalue weighted by atomic mass is 9.99. The van der Waals surface area contributed by atoms with Crippen LogP contribution in [0.3, 0.4) is 0 Å². The molecule has 0 unspecified atom stereocenters. The van der Waals surface area contributed by atoms with E-state index in [4.69, 9.17) is 9.63 Å². The van der Waals surface area contributed by atoms with E-state index in [1.54, 1.807) is 0 Å². The van der Waals surface area contributed by atoms with Crippen LogP contribution >= 0.6 is 0 Å². The van der Waals surface area contributed by atoms with Crippen molar-refractivity contribution in [3.05, 3.63) is 17.5 Å². The highest BCUT2D eigenvalue weighted by molar-refractivity contribution is 5.73. The standard InChI is InChI=1S/C13H23N3O3/c1-3-10(4-2)12-8-11(19-16-12)9-15-13(18)14-6-5-7-17/h8,10,17H,3-7,9H2,1-2H3,(H2,14,15,18). The van der Waals surface area contributed by atoms with Crippen LogP contribution in [0.5, 0.6) is 0 Å². The van der Waals surface area contributed by atoms with Crippen LogP contribution in [-0.4, -0.2) is 29.4 Å². The van der Waals surface area contributed by atoms with Gasteiger partial charge in [0.2, 0.25) is 0 Å². The number of aliphatic hydroxyl groups excluding tert-OH is 1. The molecule has 0 aliphatic carbocycles. The van der Waals surface area contributed by atoms with Crippen molar-refractivity contribution in [1.29, 1.82) is 0 Å². The molecule has 0 saturated heterocycles. The monoisotopic (exact) mass is 269 g/mol. The Hall–Kier alpha value is -1.56. The van der Waals surface area contributed by atoms with Crippen molar-refractivity contribution in [2.24, 2.45) is 0 Å². The molecule has 1 aromatic rings. The molecule has 6 heteroatoms. The maximum absolute atomic E-state index is 11.4. The molecule has 0 fully saturated rings. The summed E-state index contributed by atoms with van der Waals surface area (Å²) in [6.45, 7) is 5.09. The molecule has 0 radical (unpaired) electrons. The number of aromatic nitrogens is 1. The molecular weight excluding hydrogens is 246 g/mol. The van der Waals surface area contributed by atoms with Gasteiger partial charge in [-0.05, 0) is 19.3 Å². The van der Waals surface area contributed by atoms with Gasteiger partial charge in [-0.1, -0.05) is 19.0 Å². The number of urea groups is 1. The van der Waals surface area contributed by atoms with Crippen molar-refractivity contribution in [3.63, 3.8) is 0 Å². The molecule has 6 nitrogen and oxygen atoms in total. The van der Waals surface area contributed by atoms with E-state index in [0.717, 1.165) is 18.5 Å². The Bertz CT molecular complexity index is 375. The third-order valence-electron chi connectivity index (χ3n) is 3.02. The van der Waals surface area contributed by atoms with E-state index in [2.05, 4.69) is 29.6 Å². The van der Waals surface area contributed by atoms with Crippen LogP contribution in [0.4, 0.5) is 4.79 Å². The first-order chi connectivity index (χ1) is 9.21. The highest BCUT2D eigenvalue weighted by atomic mass is 16.5. The van der Waals surface area contributed by atoms with Gasteiger partial charge >= 0.3 is 6.03 Å². The molecule has 1 aromatic heterocycles. The molecule has 108 valence electrons. The molecule has 0 aliphatic rings. The molecule has 0 saturated carbocycles. The molecule has 1 rings (SSSR count). The summed E-state index contributed by atoms with van der Waals surface area (Å²) in [5, 5.41) is 17.9. The summed E-state index contributed by atoms with van der Waals surface area (Å²) in [4.78, 5) is 11.4. The second kappa shape index (κ2) is 8.53. The van der Waals surface area contributed by atoms with Crippen LogP contribution in [0.1, 0.15) is 50.5 Å². The Morgan fingerprint density at radius 1 is 1.42 bits per heavy atom. The van der Waals surface area contributed by atoms with Gasteiger partial charge < -0.3 is 20.3 Å². The Labute approximate surface area is 113 Å². The van der Waals surface area contributed by atoms with E-state index in [1.807, 2.05) is 6.07 Å². The topological polar surface area (TPSA) is 87.4 Å². The lowest BCUT2D eigenvalue weighted by Crippen LogP contribution is -2.35. The highest BCUT2D eigenvalue weighted by Gasteiger charge is 2.13. The molecular formula is C13H23N3O3. The lowest BCUT2D eigenvalue weighted by molar-refractivity contribution is 0.236. The van der Waals surface area contributed by atoms with E-state index >= 15 is 0 Å². The number of hydrogen-bond donors (Lipinski definition) is 3. The third-order valence-corrected chi connectivity index (χ3v) is 3.02. The Morgan fingerprint density at radius 2 is 2.16 bits per heavy atom. The van der Waals surface area contributed by atoms with Gasteiger partial charge in [-0.25, -0.2) is 4.79 Å². The van der Waals surface area contributed by atoms with Gasteiger partial charge in [0.25, 0.3) is 0 Å². The van der Waals surface area contributed by atoms with Crippen LogP contribution in [0.15, 0.2) is 10.6 Å². The first-order valence-corrected chi connectivity index (χ1v) is 6.79. The quantitative estimate of drug-likeness (QED) is 0.627. The van der Waals surface area contributed by atoms with Crippen LogP contribution in [0.25, 0.3) is 0 Å². The van der Waals surface area contributed by atoms with Gasteiger partial charge in [-0.2, -0.15) is 0 Å². The van der Waals surface area contributed by atoms with Crippen molar-refractivity contribution in [2.45, 2.75) is 45.6 Å². The van der Waals surface area contributed by atoms with E-state index in [9.17, 15) is 4.79 Å². The molecule has 0 spiro atoms. The van der Waals surface area contributed by atoms with Crippen LogP contribution < -0.4 is 10.6 Å². The third kappa shape index (κ3) is 5.30. The molecule has 0 aliphatic heterocycles. The minimum Gasteiger partial charge on any atom is -0.396 e. The lowest BCUT2D eigenvalue weighted by Gasteiger charge is -2.06. The second-order valence-electron chi connectivity index (χ2n) is 4.42. The number of amides is 2.